The van der Waals surface area contributed by atoms with Crippen molar-refractivity contribution in [1.29, 1.82) is 0 Å². The van der Waals surface area contributed by atoms with Crippen LogP contribution in [0.5, 0.6) is 23.0 Å². The maximum absolute atomic E-state index is 13.3. The van der Waals surface area contributed by atoms with Crippen LogP contribution in [0.15, 0.2) is 67.4 Å². The van der Waals surface area contributed by atoms with E-state index in [9.17, 15) is 4.79 Å². The summed E-state index contributed by atoms with van der Waals surface area (Å²) in [6.07, 6.45) is 1.60. The zero-order valence-electron chi connectivity index (χ0n) is 20.3. The Hall–Kier alpha value is -3.37. The van der Waals surface area contributed by atoms with Crippen molar-refractivity contribution in [2.75, 3.05) is 13.9 Å². The van der Waals surface area contributed by atoms with Crippen molar-refractivity contribution in [1.82, 2.24) is 9.66 Å². The lowest BCUT2D eigenvalue weighted by molar-refractivity contribution is 0.174. The molecule has 8 nitrogen and oxygen atoms in total. The number of fused-ring (bicyclic) bond motifs is 2. The Balaban J connectivity index is 1.44. The van der Waals surface area contributed by atoms with Crippen LogP contribution < -0.4 is 24.5 Å². The number of methoxy groups -OCH3 is 1. The van der Waals surface area contributed by atoms with Crippen LogP contribution in [0.3, 0.4) is 0 Å². The third-order valence-corrected chi connectivity index (χ3v) is 6.96. The fourth-order valence-corrected chi connectivity index (χ4v) is 4.67. The summed E-state index contributed by atoms with van der Waals surface area (Å²) in [6, 6.07) is 14.7. The zero-order valence-corrected chi connectivity index (χ0v) is 23.5. The van der Waals surface area contributed by atoms with Crippen molar-refractivity contribution < 1.29 is 18.9 Å². The smallest absolute Gasteiger partial charge is 0.282 e. The van der Waals surface area contributed by atoms with Crippen LogP contribution in [0.1, 0.15) is 36.7 Å². The van der Waals surface area contributed by atoms with E-state index in [1.54, 1.807) is 25.5 Å². The maximum Gasteiger partial charge on any atom is 0.282 e. The number of halogens is 2. The molecular weight excluding hydrogens is 606 g/mol. The minimum absolute atomic E-state index is 0.0113. The maximum atomic E-state index is 13.3. The van der Waals surface area contributed by atoms with E-state index in [1.165, 1.54) is 4.68 Å². The molecule has 190 valence electrons. The number of rotatable bonds is 7. The van der Waals surface area contributed by atoms with E-state index in [0.29, 0.717) is 46.1 Å². The summed E-state index contributed by atoms with van der Waals surface area (Å²) in [5.41, 5.74) is 2.04. The standard InChI is InChI=1S/C27H23Br2N3O5/c1-15(2)26-31-21-6-5-18(28)10-19(21)27(33)32(26)30-12-17-9-23(34-3)25(11-20(17)29)35-13-16-4-7-22-24(8-16)37-14-36-22/h4-12,15H,13-14H2,1-3H3. The largest absolute Gasteiger partial charge is 0.493 e. The van der Waals surface area contributed by atoms with Gasteiger partial charge in [0, 0.05) is 20.4 Å². The Kier molecular flexibility index (Phi) is 7.21. The molecule has 0 aliphatic carbocycles. The molecule has 0 saturated heterocycles. The van der Waals surface area contributed by atoms with Gasteiger partial charge in [-0.15, -0.1) is 0 Å². The molecule has 0 spiro atoms. The fourth-order valence-electron chi connectivity index (χ4n) is 3.89. The third kappa shape index (κ3) is 5.21. The highest BCUT2D eigenvalue weighted by atomic mass is 79.9. The van der Waals surface area contributed by atoms with Crippen LogP contribution in [0.4, 0.5) is 0 Å². The van der Waals surface area contributed by atoms with Crippen LogP contribution in [0.2, 0.25) is 0 Å². The van der Waals surface area contributed by atoms with E-state index in [1.807, 2.05) is 50.2 Å². The number of benzene rings is 3. The van der Waals surface area contributed by atoms with Gasteiger partial charge in [0.15, 0.2) is 23.0 Å². The predicted octanol–water partition coefficient (Wildman–Crippen LogP) is 6.24. The lowest BCUT2D eigenvalue weighted by Crippen LogP contribution is -2.23. The summed E-state index contributed by atoms with van der Waals surface area (Å²) < 4.78 is 25.3. The number of nitrogens with zero attached hydrogens (tertiary/aromatic N) is 3. The summed E-state index contributed by atoms with van der Waals surface area (Å²) in [4.78, 5) is 18.0. The first-order valence-corrected chi connectivity index (χ1v) is 13.1. The Labute approximate surface area is 230 Å². The average molecular weight is 629 g/mol. The van der Waals surface area contributed by atoms with Crippen molar-refractivity contribution in [2.24, 2.45) is 5.10 Å². The van der Waals surface area contributed by atoms with Gasteiger partial charge in [0.25, 0.3) is 5.56 Å². The SMILES string of the molecule is COc1cc(C=Nn2c(C(C)C)nc3ccc(Br)cc3c2=O)c(Br)cc1OCc1ccc2c(c1)OCO2. The highest BCUT2D eigenvalue weighted by Crippen LogP contribution is 2.35. The molecule has 0 atom stereocenters. The van der Waals surface area contributed by atoms with Crippen LogP contribution in [-0.4, -0.2) is 29.8 Å². The average Bonchev–Trinajstić information content (AvgIpc) is 3.35. The molecule has 5 rings (SSSR count). The van der Waals surface area contributed by atoms with Gasteiger partial charge in [-0.25, -0.2) is 4.98 Å². The van der Waals surface area contributed by atoms with Crippen molar-refractivity contribution in [3.05, 3.63) is 84.8 Å². The van der Waals surface area contributed by atoms with Crippen molar-refractivity contribution in [2.45, 2.75) is 26.4 Å². The Bertz CT molecular complexity index is 1580. The molecule has 1 aliphatic rings. The molecule has 0 amide bonds. The van der Waals surface area contributed by atoms with Gasteiger partial charge in [-0.05, 0) is 64.0 Å². The first-order valence-electron chi connectivity index (χ1n) is 11.5. The molecular formula is C27H23Br2N3O5. The summed E-state index contributed by atoms with van der Waals surface area (Å²) in [5, 5.41) is 5.00. The summed E-state index contributed by atoms with van der Waals surface area (Å²) in [6.45, 7) is 4.49. The number of hydrogen-bond donors (Lipinski definition) is 0. The summed E-state index contributed by atoms with van der Waals surface area (Å²) in [5.74, 6) is 3.07. The van der Waals surface area contributed by atoms with Crippen molar-refractivity contribution >= 4 is 49.0 Å². The van der Waals surface area contributed by atoms with Gasteiger partial charge >= 0.3 is 0 Å². The molecule has 1 aliphatic heterocycles. The summed E-state index contributed by atoms with van der Waals surface area (Å²) in [7, 11) is 1.57. The molecule has 0 N–H and O–H groups in total. The fraction of sp³-hybridized carbons (Fsp3) is 0.222. The second-order valence-corrected chi connectivity index (χ2v) is 10.4. The van der Waals surface area contributed by atoms with Gasteiger partial charge in [0.2, 0.25) is 6.79 Å². The molecule has 1 aromatic heterocycles. The quantitative estimate of drug-likeness (QED) is 0.225. The van der Waals surface area contributed by atoms with Crippen LogP contribution >= 0.6 is 31.9 Å². The number of hydrogen-bond acceptors (Lipinski definition) is 7. The highest BCUT2D eigenvalue weighted by Gasteiger charge is 2.16. The van der Waals surface area contributed by atoms with Gasteiger partial charge in [0.05, 0.1) is 24.2 Å². The molecule has 0 unspecified atom stereocenters. The van der Waals surface area contributed by atoms with E-state index in [0.717, 1.165) is 20.3 Å². The van der Waals surface area contributed by atoms with Crippen LogP contribution in [0, 0.1) is 0 Å². The lowest BCUT2D eigenvalue weighted by atomic mass is 10.2. The van der Waals surface area contributed by atoms with E-state index in [2.05, 4.69) is 41.9 Å². The molecule has 10 heteroatoms. The Morgan fingerprint density at radius 2 is 1.89 bits per heavy atom. The van der Waals surface area contributed by atoms with E-state index < -0.39 is 0 Å². The molecule has 0 bridgehead atoms. The second kappa shape index (κ2) is 10.5. The van der Waals surface area contributed by atoms with Gasteiger partial charge in [-0.1, -0.05) is 35.8 Å². The Morgan fingerprint density at radius 1 is 1.08 bits per heavy atom. The van der Waals surface area contributed by atoms with Crippen LogP contribution in [-0.2, 0) is 6.61 Å². The molecule has 2 heterocycles. The number of aromatic nitrogens is 2. The van der Waals surface area contributed by atoms with E-state index in [-0.39, 0.29) is 18.3 Å². The third-order valence-electron chi connectivity index (χ3n) is 5.78. The normalized spacial score (nSPS) is 12.6. The minimum atomic E-state index is -0.238. The van der Waals surface area contributed by atoms with Crippen molar-refractivity contribution in [3.63, 3.8) is 0 Å². The highest BCUT2D eigenvalue weighted by molar-refractivity contribution is 9.10. The zero-order chi connectivity index (χ0) is 26.1. The molecule has 4 aromatic rings. The molecule has 0 fully saturated rings. The molecule has 37 heavy (non-hydrogen) atoms. The van der Waals surface area contributed by atoms with Crippen LogP contribution in [0.25, 0.3) is 10.9 Å². The van der Waals surface area contributed by atoms with Crippen molar-refractivity contribution in [3.8, 4) is 23.0 Å². The van der Waals surface area contributed by atoms with Gasteiger partial charge in [0.1, 0.15) is 12.4 Å². The molecule has 0 saturated carbocycles. The second-order valence-electron chi connectivity index (χ2n) is 8.65. The van der Waals surface area contributed by atoms with Gasteiger partial charge < -0.3 is 18.9 Å². The molecule has 0 radical (unpaired) electrons. The molecule has 3 aromatic carbocycles. The monoisotopic (exact) mass is 627 g/mol. The summed E-state index contributed by atoms with van der Waals surface area (Å²) >= 11 is 7.02. The first-order chi connectivity index (χ1) is 17.8. The van der Waals surface area contributed by atoms with E-state index in [4.69, 9.17) is 18.9 Å². The topological polar surface area (TPSA) is 84.2 Å². The van der Waals surface area contributed by atoms with E-state index >= 15 is 0 Å². The number of ether oxygens (including phenoxy) is 4. The minimum Gasteiger partial charge on any atom is -0.493 e. The lowest BCUT2D eigenvalue weighted by Gasteiger charge is -2.14. The Morgan fingerprint density at radius 3 is 2.68 bits per heavy atom. The first kappa shape index (κ1) is 25.3. The van der Waals surface area contributed by atoms with Gasteiger partial charge in [-0.3, -0.25) is 4.79 Å². The predicted molar refractivity (Wildman–Crippen MR) is 148 cm³/mol. The van der Waals surface area contributed by atoms with Gasteiger partial charge in [-0.2, -0.15) is 9.78 Å².